The van der Waals surface area contributed by atoms with Gasteiger partial charge in [-0.1, -0.05) is 6.08 Å². The van der Waals surface area contributed by atoms with Crippen LogP contribution in [0.4, 0.5) is 16.4 Å². The second-order valence-electron chi connectivity index (χ2n) is 20.5. The topological polar surface area (TPSA) is 382 Å². The van der Waals surface area contributed by atoms with E-state index in [4.69, 9.17) is 24.5 Å². The molecule has 2 unspecified atom stereocenters. The highest BCUT2D eigenvalue weighted by Gasteiger charge is 2.50. The van der Waals surface area contributed by atoms with Gasteiger partial charge in [0.15, 0.2) is 29.0 Å². The molecule has 11 N–H and O–H groups in total. The lowest BCUT2D eigenvalue weighted by atomic mass is 9.83. The van der Waals surface area contributed by atoms with Crippen molar-refractivity contribution in [2.45, 2.75) is 91.0 Å². The van der Waals surface area contributed by atoms with E-state index in [9.17, 15) is 58.1 Å². The molecule has 9 rings (SSSR count). The number of aliphatic hydroxyl groups excluding tert-OH is 1. The average Bonchev–Trinajstić information content (AvgIpc) is 3.95. The highest BCUT2D eigenvalue weighted by molar-refractivity contribution is 8.08. The number of benzene rings is 3. The summed E-state index contributed by atoms with van der Waals surface area (Å²) in [6.07, 6.45) is -2.87. The molecule has 4 aliphatic heterocycles. The Morgan fingerprint density at radius 3 is 2.30 bits per heavy atom. The summed E-state index contributed by atoms with van der Waals surface area (Å²) in [6, 6.07) is 12.2. The second kappa shape index (κ2) is 21.7. The van der Waals surface area contributed by atoms with Gasteiger partial charge in [-0.05, 0) is 106 Å². The third kappa shape index (κ3) is 11.8. The van der Waals surface area contributed by atoms with E-state index >= 15 is 0 Å². The Bertz CT molecular complexity index is 3890. The number of ether oxygens (including phenoxy) is 3. The maximum Gasteiger partial charge on any atom is 0.488 e. The lowest BCUT2D eigenvalue weighted by Crippen LogP contribution is -2.49. The number of nitrogens with one attached hydrogen (secondary N) is 3. The van der Waals surface area contributed by atoms with Crippen LogP contribution in [0.2, 0.25) is 0 Å². The fourth-order valence-corrected chi connectivity index (χ4v) is 14.8. The number of carbonyl (C=O) groups excluding carboxylic acids is 2. The van der Waals surface area contributed by atoms with Crippen molar-refractivity contribution in [1.29, 1.82) is 0 Å². The normalized spacial score (nSPS) is 21.3. The SMILES string of the molecule is CCN1c2cc3c(cc2C(C)=CC1(C)C)C(c1cc(C(=O)NCCNC(=O)O[C@H]2[C@@H](O)[C@H](n4cnc5c(=O)[nH]c(N)nc54)O[C@@H]2COP(=O)(O)OP(=O)(O)OP(O)(O)=S)ccc1C(=O)O)=c1cc2c(cc1O3)=[N+](CC)C(C)(C)C=C2C. The number of aromatic carboxylic acids is 1. The molecule has 432 valence electrons. The number of aromatic nitrogens is 4. The van der Waals surface area contributed by atoms with Crippen molar-refractivity contribution < 1.29 is 80.7 Å². The third-order valence-electron chi connectivity index (χ3n) is 14.1. The van der Waals surface area contributed by atoms with Gasteiger partial charge in [0.1, 0.15) is 30.3 Å². The van der Waals surface area contributed by atoms with E-state index < -0.39 is 77.0 Å². The van der Waals surface area contributed by atoms with Crippen molar-refractivity contribution in [3.8, 4) is 11.5 Å². The van der Waals surface area contributed by atoms with Crippen molar-refractivity contribution in [3.05, 3.63) is 115 Å². The molecule has 2 aromatic heterocycles. The second-order valence-corrected chi connectivity index (χ2v) is 26.3. The molecule has 0 aliphatic carbocycles. The van der Waals surface area contributed by atoms with Crippen molar-refractivity contribution in [1.82, 2.24) is 34.7 Å². The average molecular weight is 1200 g/mol. The van der Waals surface area contributed by atoms with Gasteiger partial charge in [0.25, 0.3) is 11.5 Å². The Balaban J connectivity index is 0.987. The molecule has 6 atom stereocenters. The maximum absolute atomic E-state index is 14.1. The van der Waals surface area contributed by atoms with Crippen LogP contribution in [0.1, 0.15) is 105 Å². The van der Waals surface area contributed by atoms with Crippen molar-refractivity contribution in [3.63, 3.8) is 0 Å². The Morgan fingerprint density at radius 1 is 0.914 bits per heavy atom. The predicted molar refractivity (Wildman–Crippen MR) is 297 cm³/mol. The number of rotatable bonds is 17. The fourth-order valence-electron chi connectivity index (χ4n) is 11.0. The minimum absolute atomic E-state index is 0.0676. The van der Waals surface area contributed by atoms with Gasteiger partial charge in [0.05, 0.1) is 30.1 Å². The molecule has 3 aromatic carbocycles. The van der Waals surface area contributed by atoms with Gasteiger partial charge >= 0.3 is 34.4 Å². The molecule has 27 nitrogen and oxygen atoms in total. The van der Waals surface area contributed by atoms with Crippen LogP contribution in [0.25, 0.3) is 27.9 Å². The number of anilines is 2. The number of carbonyl (C=O) groups is 3. The minimum Gasteiger partial charge on any atom is -0.478 e. The number of hydrogen-bond donors (Lipinski definition) is 10. The number of allylic oxidation sites excluding steroid dienone is 2. The first kappa shape index (κ1) is 59.2. The number of nitrogens with two attached hydrogens (primary N) is 1. The number of nitrogen functional groups attached to an aromatic ring is 1. The van der Waals surface area contributed by atoms with E-state index in [0.717, 1.165) is 44.2 Å². The molecule has 0 saturated carbocycles. The summed E-state index contributed by atoms with van der Waals surface area (Å²) >= 11 is 4.12. The van der Waals surface area contributed by atoms with E-state index in [-0.39, 0.29) is 58.0 Å². The zero-order valence-electron chi connectivity index (χ0n) is 44.8. The number of nitrogens with zero attached hydrogens (tertiary/aromatic N) is 5. The lowest BCUT2D eigenvalue weighted by Gasteiger charge is -2.43. The first-order valence-electron chi connectivity index (χ1n) is 25.1. The van der Waals surface area contributed by atoms with Crippen LogP contribution in [0.3, 0.4) is 0 Å². The summed E-state index contributed by atoms with van der Waals surface area (Å²) in [4.78, 5) is 104. The van der Waals surface area contributed by atoms with Gasteiger partial charge in [0.2, 0.25) is 11.3 Å². The van der Waals surface area contributed by atoms with Crippen LogP contribution in [0.5, 0.6) is 11.5 Å². The van der Waals surface area contributed by atoms with Gasteiger partial charge in [-0.25, -0.2) is 32.6 Å². The van der Waals surface area contributed by atoms with E-state index in [2.05, 4.69) is 109 Å². The zero-order chi connectivity index (χ0) is 59.1. The van der Waals surface area contributed by atoms with Crippen LogP contribution in [0, 0.1) is 0 Å². The third-order valence-corrected chi connectivity index (χ3v) is 18.5. The van der Waals surface area contributed by atoms with Crippen LogP contribution in [-0.4, -0.2) is 129 Å². The van der Waals surface area contributed by atoms with Gasteiger partial charge in [-0.3, -0.25) is 23.7 Å². The van der Waals surface area contributed by atoms with Gasteiger partial charge in [-0.2, -0.15) is 9.29 Å². The molecule has 0 radical (unpaired) electrons. The molecule has 1 saturated heterocycles. The van der Waals surface area contributed by atoms with Crippen LogP contribution >= 0.6 is 22.4 Å². The fraction of sp³-hybridized carbons (Fsp3) is 0.380. The molecule has 81 heavy (non-hydrogen) atoms. The first-order valence-corrected chi connectivity index (χ1v) is 30.7. The number of amides is 2. The minimum atomic E-state index is -5.75. The highest BCUT2D eigenvalue weighted by Crippen LogP contribution is 2.66. The number of phosphoric ester groups is 1. The molecule has 4 aliphatic rings. The number of fused-ring (bicyclic) bond motifs is 5. The molecule has 5 aromatic rings. The molecule has 0 bridgehead atoms. The number of imidazole rings is 1. The summed E-state index contributed by atoms with van der Waals surface area (Å²) in [6.45, 7) is 11.5. The van der Waals surface area contributed by atoms with Crippen LogP contribution < -0.4 is 46.7 Å². The number of aliphatic hydroxyl groups is 1. The monoisotopic (exact) mass is 1200 g/mol. The maximum atomic E-state index is 14.1. The smallest absolute Gasteiger partial charge is 0.478 e. The Morgan fingerprint density at radius 2 is 1.62 bits per heavy atom. The highest BCUT2D eigenvalue weighted by atomic mass is 32.5. The van der Waals surface area contributed by atoms with Crippen molar-refractivity contribution >= 4 is 91.7 Å². The summed E-state index contributed by atoms with van der Waals surface area (Å²) in [5.41, 5.74) is 10.0. The Kier molecular flexibility index (Phi) is 15.8. The van der Waals surface area contributed by atoms with E-state index in [1.165, 1.54) is 18.2 Å². The summed E-state index contributed by atoms with van der Waals surface area (Å²) in [5, 5.41) is 29.0. The van der Waals surface area contributed by atoms with E-state index in [0.29, 0.717) is 40.9 Å². The first-order chi connectivity index (χ1) is 37.8. The molecule has 0 spiro atoms. The number of carboxylic acid groups (broad SMARTS) is 1. The number of aromatic amines is 1. The van der Waals surface area contributed by atoms with Crippen LogP contribution in [0.15, 0.2) is 65.7 Å². The summed E-state index contributed by atoms with van der Waals surface area (Å²) in [5.74, 6) is -1.26. The number of phosphoric acid groups is 2. The number of carboxylic acids is 1. The molecule has 1 fully saturated rings. The Labute approximate surface area is 466 Å². The quantitative estimate of drug-likeness (QED) is 0.0353. The summed E-state index contributed by atoms with van der Waals surface area (Å²) < 4.78 is 59.2. The molecular weight excluding hydrogens is 1140 g/mol. The summed E-state index contributed by atoms with van der Waals surface area (Å²) in [7, 11) is -11.4. The molecular formula is C50H59N9O18P3S+. The Hall–Kier alpha value is -6.48. The number of likely N-dealkylation sites (N-methyl/N-ethyl adjacent to an activating group) is 2. The predicted octanol–water partition coefficient (Wildman–Crippen LogP) is 3.72. The van der Waals surface area contributed by atoms with Gasteiger partial charge in [0, 0.05) is 78.3 Å². The van der Waals surface area contributed by atoms with Gasteiger partial charge in [-0.15, -0.1) is 0 Å². The number of H-pyrrole nitrogens is 1. The largest absolute Gasteiger partial charge is 0.488 e. The molecule has 6 heterocycles. The van der Waals surface area contributed by atoms with E-state index in [1.54, 1.807) is 0 Å². The number of alkyl carbamates (subject to hydrolysis) is 1. The molecule has 2 amide bonds. The van der Waals surface area contributed by atoms with Crippen molar-refractivity contribution in [2.75, 3.05) is 43.4 Å². The van der Waals surface area contributed by atoms with Gasteiger partial charge < -0.3 is 65.3 Å². The van der Waals surface area contributed by atoms with Crippen LogP contribution in [-0.2, 0) is 43.6 Å². The lowest BCUT2D eigenvalue weighted by molar-refractivity contribution is -0.0508. The van der Waals surface area contributed by atoms with E-state index in [1.807, 2.05) is 38.1 Å². The zero-order valence-corrected chi connectivity index (χ0v) is 48.3. The molecule has 31 heteroatoms. The standard InChI is InChI=1S/C50H58N9O18P3S/c1-9-58-33-18-35-31(16-28(33)24(3)20-49(58,5)6)38(32-17-29-25(4)21-50(7,8)59(10-2)34(29)19-36(32)73-35)30-15-26(11-12-27(30)46(63)64)43(61)52-13-14-53-48(65)75-41-37(22-72-78(66,67)76-79(68,69)77-80(70,71)81)74-45(40(41)60)57-23-54-39-42(57)55-47(51)56-44(39)62/h11-12,15-21,23,37,40-41,45,60H,9-10,13-14,22H2,1-8H3,(H9-,51,52,53,55,56,61,62,63,64,65,66,67,68,69,70,71,81)/p+1/t37-,40-,41-,45-/m1/s1. The number of hydrogen-bond acceptors (Lipinski definition) is 18. The van der Waals surface area contributed by atoms with Crippen molar-refractivity contribution in [2.24, 2.45) is 0 Å².